The first-order valence-electron chi connectivity index (χ1n) is 9.72. The minimum Gasteiger partial charge on any atom is -0.350 e. The molecule has 146 valence electrons. The van der Waals surface area contributed by atoms with Crippen molar-refractivity contribution in [1.82, 2.24) is 20.1 Å². The molecular weight excluding hydrogens is 388 g/mol. The maximum absolute atomic E-state index is 12.2. The third kappa shape index (κ3) is 4.31. The summed E-state index contributed by atoms with van der Waals surface area (Å²) < 4.78 is 2.10. The smallest absolute Gasteiger partial charge is 0.230 e. The average molecular weight is 413 g/mol. The van der Waals surface area contributed by atoms with Crippen molar-refractivity contribution in [3.63, 3.8) is 0 Å². The molecule has 5 nitrogen and oxygen atoms in total. The van der Waals surface area contributed by atoms with Gasteiger partial charge in [-0.15, -0.1) is 21.5 Å². The van der Waals surface area contributed by atoms with Crippen molar-refractivity contribution in [1.29, 1.82) is 0 Å². The predicted molar refractivity (Wildman–Crippen MR) is 115 cm³/mol. The van der Waals surface area contributed by atoms with Crippen LogP contribution in [0.1, 0.15) is 35.8 Å². The zero-order chi connectivity index (χ0) is 19.3. The van der Waals surface area contributed by atoms with Crippen LogP contribution in [0.5, 0.6) is 0 Å². The van der Waals surface area contributed by atoms with Crippen LogP contribution in [0, 0.1) is 0 Å². The predicted octanol–water partition coefficient (Wildman–Crippen LogP) is 4.31. The molecule has 1 amide bonds. The number of hydrogen-bond donors (Lipinski definition) is 1. The summed E-state index contributed by atoms with van der Waals surface area (Å²) in [6, 6.07) is 10.7. The number of rotatable bonds is 7. The highest BCUT2D eigenvalue weighted by Crippen LogP contribution is 2.28. The molecule has 0 fully saturated rings. The fourth-order valence-corrected chi connectivity index (χ4v) is 5.02. The highest BCUT2D eigenvalue weighted by Gasteiger charge is 2.17. The summed E-state index contributed by atoms with van der Waals surface area (Å²) in [5.41, 5.74) is 4.02. The van der Waals surface area contributed by atoms with Crippen LogP contribution in [0.3, 0.4) is 0 Å². The van der Waals surface area contributed by atoms with Crippen LogP contribution in [0.4, 0.5) is 0 Å². The molecule has 7 heteroatoms. The van der Waals surface area contributed by atoms with Crippen molar-refractivity contribution >= 4 is 29.0 Å². The lowest BCUT2D eigenvalue weighted by Crippen LogP contribution is -2.24. The number of carbonyl (C=O) groups is 1. The lowest BCUT2D eigenvalue weighted by molar-refractivity contribution is -0.118. The summed E-state index contributed by atoms with van der Waals surface area (Å²) in [5.74, 6) is 1.24. The number of thioether (sulfide) groups is 1. The van der Waals surface area contributed by atoms with Crippen LogP contribution in [0.15, 0.2) is 40.9 Å². The summed E-state index contributed by atoms with van der Waals surface area (Å²) in [4.78, 5) is 13.3. The third-order valence-electron chi connectivity index (χ3n) is 5.01. The van der Waals surface area contributed by atoms with Crippen LogP contribution >= 0.6 is 23.1 Å². The molecule has 0 spiro atoms. The summed E-state index contributed by atoms with van der Waals surface area (Å²) in [6.07, 6.45) is 4.87. The second-order valence-electron chi connectivity index (χ2n) is 6.89. The van der Waals surface area contributed by atoms with Crippen LogP contribution in [-0.2, 0) is 30.7 Å². The van der Waals surface area contributed by atoms with Gasteiger partial charge in [-0.25, -0.2) is 0 Å². The molecule has 0 aliphatic heterocycles. The molecule has 28 heavy (non-hydrogen) atoms. The minimum atomic E-state index is 0.0133. The molecule has 2 aromatic heterocycles. The van der Waals surface area contributed by atoms with Gasteiger partial charge in [-0.3, -0.25) is 4.79 Å². The van der Waals surface area contributed by atoms with E-state index in [4.69, 9.17) is 0 Å². The molecule has 1 aliphatic rings. The fraction of sp³-hybridized carbons (Fsp3) is 0.381. The standard InChI is InChI=1S/C21H24N4OS2/c1-2-25-20(17-10-9-15-6-3-4-7-16(15)12-17)23-24-21(25)28-14-19(26)22-13-18-8-5-11-27-18/h5,8-12H,2-4,6-7,13-14H2,1H3,(H,22,26). The van der Waals surface area contributed by atoms with Gasteiger partial charge in [0, 0.05) is 17.0 Å². The fourth-order valence-electron chi connectivity index (χ4n) is 3.55. The van der Waals surface area contributed by atoms with E-state index in [0.29, 0.717) is 12.3 Å². The van der Waals surface area contributed by atoms with Crippen LogP contribution in [-0.4, -0.2) is 26.4 Å². The molecule has 1 aliphatic carbocycles. The molecule has 3 aromatic rings. The van der Waals surface area contributed by atoms with E-state index in [-0.39, 0.29) is 5.91 Å². The second-order valence-corrected chi connectivity index (χ2v) is 8.86. The van der Waals surface area contributed by atoms with E-state index in [1.165, 1.54) is 42.2 Å². The van der Waals surface area contributed by atoms with Gasteiger partial charge in [0.05, 0.1) is 12.3 Å². The molecule has 1 aromatic carbocycles. The van der Waals surface area contributed by atoms with Crippen molar-refractivity contribution in [2.45, 2.75) is 50.9 Å². The Labute approximate surface area is 173 Å². The lowest BCUT2D eigenvalue weighted by Gasteiger charge is -2.16. The summed E-state index contributed by atoms with van der Waals surface area (Å²) in [7, 11) is 0. The Kier molecular flexibility index (Phi) is 6.12. The molecule has 0 atom stereocenters. The molecule has 0 bridgehead atoms. The summed E-state index contributed by atoms with van der Waals surface area (Å²) >= 11 is 3.09. The van der Waals surface area contributed by atoms with Crippen molar-refractivity contribution in [2.75, 3.05) is 5.75 Å². The van der Waals surface area contributed by atoms with Gasteiger partial charge in [-0.05, 0) is 61.2 Å². The largest absolute Gasteiger partial charge is 0.350 e. The Morgan fingerprint density at radius 2 is 2.07 bits per heavy atom. The first kappa shape index (κ1) is 19.2. The molecule has 4 rings (SSSR count). The normalized spacial score (nSPS) is 13.3. The van der Waals surface area contributed by atoms with Gasteiger partial charge in [0.15, 0.2) is 11.0 Å². The third-order valence-corrected chi connectivity index (χ3v) is 6.86. The first-order chi connectivity index (χ1) is 13.7. The van der Waals surface area contributed by atoms with E-state index in [9.17, 15) is 4.79 Å². The van der Waals surface area contributed by atoms with Crippen molar-refractivity contribution < 1.29 is 4.79 Å². The van der Waals surface area contributed by atoms with Crippen molar-refractivity contribution in [3.05, 3.63) is 51.7 Å². The number of fused-ring (bicyclic) bond motifs is 1. The Balaban J connectivity index is 1.43. The average Bonchev–Trinajstić information content (AvgIpc) is 3.39. The van der Waals surface area contributed by atoms with E-state index < -0.39 is 0 Å². The highest BCUT2D eigenvalue weighted by molar-refractivity contribution is 7.99. The number of hydrogen-bond acceptors (Lipinski definition) is 5. The van der Waals surface area contributed by atoms with E-state index >= 15 is 0 Å². The van der Waals surface area contributed by atoms with Gasteiger partial charge in [-0.2, -0.15) is 0 Å². The molecular formula is C21H24N4OS2. The van der Waals surface area contributed by atoms with Crippen LogP contribution in [0.25, 0.3) is 11.4 Å². The Morgan fingerprint density at radius 1 is 1.21 bits per heavy atom. The quantitative estimate of drug-likeness (QED) is 0.587. The molecule has 0 radical (unpaired) electrons. The summed E-state index contributed by atoms with van der Waals surface area (Å²) in [6.45, 7) is 3.45. The molecule has 0 unspecified atom stereocenters. The van der Waals surface area contributed by atoms with Crippen LogP contribution < -0.4 is 5.32 Å². The Hall–Kier alpha value is -2.12. The second kappa shape index (κ2) is 8.92. The zero-order valence-corrected chi connectivity index (χ0v) is 17.6. The zero-order valence-electron chi connectivity index (χ0n) is 16.0. The number of amides is 1. The Bertz CT molecular complexity index is 949. The molecule has 0 saturated carbocycles. The molecule has 2 heterocycles. The van der Waals surface area contributed by atoms with Gasteiger partial charge < -0.3 is 9.88 Å². The maximum Gasteiger partial charge on any atom is 0.230 e. The number of nitrogens with one attached hydrogen (secondary N) is 1. The van der Waals surface area contributed by atoms with Crippen LogP contribution in [0.2, 0.25) is 0 Å². The van der Waals surface area contributed by atoms with Crippen molar-refractivity contribution in [3.8, 4) is 11.4 Å². The van der Waals surface area contributed by atoms with Crippen molar-refractivity contribution in [2.24, 2.45) is 0 Å². The maximum atomic E-state index is 12.2. The van der Waals surface area contributed by atoms with Gasteiger partial charge in [0.2, 0.25) is 5.91 Å². The van der Waals surface area contributed by atoms with Gasteiger partial charge >= 0.3 is 0 Å². The number of carbonyl (C=O) groups excluding carboxylic acids is 1. The first-order valence-corrected chi connectivity index (χ1v) is 11.6. The SMILES string of the molecule is CCn1c(SCC(=O)NCc2cccs2)nnc1-c1ccc2c(c1)CCCC2. The number of aromatic nitrogens is 3. The molecule has 0 saturated heterocycles. The van der Waals surface area contributed by atoms with E-state index in [0.717, 1.165) is 34.4 Å². The topological polar surface area (TPSA) is 59.8 Å². The van der Waals surface area contributed by atoms with E-state index in [2.05, 4.69) is 45.2 Å². The number of benzene rings is 1. The Morgan fingerprint density at radius 3 is 2.86 bits per heavy atom. The minimum absolute atomic E-state index is 0.0133. The van der Waals surface area contributed by atoms with Gasteiger partial charge in [0.25, 0.3) is 0 Å². The number of thiophene rings is 1. The number of aryl methyl sites for hydroxylation is 2. The van der Waals surface area contributed by atoms with Gasteiger partial charge in [-0.1, -0.05) is 30.0 Å². The monoisotopic (exact) mass is 412 g/mol. The van der Waals surface area contributed by atoms with E-state index in [1.54, 1.807) is 11.3 Å². The van der Waals surface area contributed by atoms with E-state index in [1.807, 2.05) is 17.5 Å². The summed E-state index contributed by atoms with van der Waals surface area (Å²) in [5, 5.41) is 14.6. The lowest BCUT2D eigenvalue weighted by atomic mass is 9.90. The highest BCUT2D eigenvalue weighted by atomic mass is 32.2. The van der Waals surface area contributed by atoms with Gasteiger partial charge in [0.1, 0.15) is 0 Å². The molecule has 1 N–H and O–H groups in total. The number of nitrogens with zero attached hydrogens (tertiary/aromatic N) is 3.